The minimum atomic E-state index is -0.530. The van der Waals surface area contributed by atoms with Crippen molar-refractivity contribution in [3.8, 4) is 0 Å². The van der Waals surface area contributed by atoms with Gasteiger partial charge in [0.25, 0.3) is 0 Å². The van der Waals surface area contributed by atoms with E-state index in [-0.39, 0.29) is 18.6 Å². The molecule has 9 heteroatoms. The standard InChI is InChI=1S/C17H25FN4O4/c1-4-20(7-8-22(25-3)12(2)23)16-6-5-13(9-15(16)18)21-11-14(10-19)26-17(21)24/h5-6,9,14H,4,7-8,10-11,19H2,1-3H3/t14-/m0/s1. The average Bonchev–Trinajstić information content (AvgIpc) is 3.00. The van der Waals surface area contributed by atoms with Crippen molar-refractivity contribution in [2.24, 2.45) is 5.73 Å². The highest BCUT2D eigenvalue weighted by atomic mass is 19.1. The third kappa shape index (κ3) is 4.41. The molecule has 144 valence electrons. The molecule has 1 heterocycles. The average molecular weight is 368 g/mol. The SMILES string of the molecule is CCN(CCN(OC)C(C)=O)c1ccc(N2C[C@H](CN)OC2=O)cc1F. The zero-order valence-corrected chi connectivity index (χ0v) is 15.3. The molecule has 1 saturated heterocycles. The lowest BCUT2D eigenvalue weighted by Crippen LogP contribution is -2.37. The first-order valence-electron chi connectivity index (χ1n) is 8.46. The summed E-state index contributed by atoms with van der Waals surface area (Å²) >= 11 is 0. The number of hydrogen-bond acceptors (Lipinski definition) is 6. The van der Waals surface area contributed by atoms with Gasteiger partial charge >= 0.3 is 6.09 Å². The molecule has 1 aromatic carbocycles. The number of cyclic esters (lactones) is 1. The monoisotopic (exact) mass is 368 g/mol. The quantitative estimate of drug-likeness (QED) is 0.697. The van der Waals surface area contributed by atoms with Crippen molar-refractivity contribution in [2.45, 2.75) is 20.0 Å². The lowest BCUT2D eigenvalue weighted by atomic mass is 10.2. The Kier molecular flexibility index (Phi) is 6.76. The minimum absolute atomic E-state index is 0.221. The Balaban J connectivity index is 2.12. The van der Waals surface area contributed by atoms with Crippen LogP contribution in [0.15, 0.2) is 18.2 Å². The van der Waals surface area contributed by atoms with Crippen molar-refractivity contribution < 1.29 is 23.6 Å². The van der Waals surface area contributed by atoms with Crippen LogP contribution in [0.5, 0.6) is 0 Å². The zero-order valence-electron chi connectivity index (χ0n) is 15.3. The van der Waals surface area contributed by atoms with Crippen molar-refractivity contribution in [3.05, 3.63) is 24.0 Å². The number of anilines is 2. The van der Waals surface area contributed by atoms with Gasteiger partial charge in [0.15, 0.2) is 0 Å². The predicted molar refractivity (Wildman–Crippen MR) is 95.4 cm³/mol. The van der Waals surface area contributed by atoms with Crippen LogP contribution in [-0.2, 0) is 14.4 Å². The topological polar surface area (TPSA) is 88.3 Å². The van der Waals surface area contributed by atoms with Gasteiger partial charge in [0, 0.05) is 26.6 Å². The second-order valence-corrected chi connectivity index (χ2v) is 5.87. The summed E-state index contributed by atoms with van der Waals surface area (Å²) in [6.07, 6.45) is -0.916. The van der Waals surface area contributed by atoms with E-state index < -0.39 is 11.9 Å². The number of carbonyl (C=O) groups is 2. The van der Waals surface area contributed by atoms with E-state index in [1.54, 1.807) is 17.0 Å². The number of amides is 2. The fourth-order valence-corrected chi connectivity index (χ4v) is 2.81. The molecule has 0 saturated carbocycles. The molecule has 8 nitrogen and oxygen atoms in total. The van der Waals surface area contributed by atoms with Crippen molar-refractivity contribution >= 4 is 23.4 Å². The number of hydroxylamine groups is 2. The molecule has 2 amide bonds. The summed E-state index contributed by atoms with van der Waals surface area (Å²) in [6.45, 7) is 5.07. The van der Waals surface area contributed by atoms with Gasteiger partial charge in [-0.3, -0.25) is 14.5 Å². The summed E-state index contributed by atoms with van der Waals surface area (Å²) < 4.78 is 19.7. The number of nitrogens with zero attached hydrogens (tertiary/aromatic N) is 3. The predicted octanol–water partition coefficient (Wildman–Crippen LogP) is 1.35. The number of nitrogens with two attached hydrogens (primary N) is 1. The molecule has 26 heavy (non-hydrogen) atoms. The number of ether oxygens (including phenoxy) is 1. The molecule has 0 aromatic heterocycles. The van der Waals surface area contributed by atoms with Crippen LogP contribution in [0.25, 0.3) is 0 Å². The molecule has 1 atom stereocenters. The molecule has 1 aliphatic heterocycles. The number of rotatable bonds is 8. The van der Waals surface area contributed by atoms with Crippen molar-refractivity contribution in [3.63, 3.8) is 0 Å². The van der Waals surface area contributed by atoms with E-state index in [1.165, 1.54) is 30.1 Å². The third-order valence-electron chi connectivity index (χ3n) is 4.25. The first-order chi connectivity index (χ1) is 12.4. The molecule has 2 rings (SSSR count). The normalized spacial score (nSPS) is 16.6. The maximum atomic E-state index is 14.7. The minimum Gasteiger partial charge on any atom is -0.443 e. The molecule has 1 aliphatic rings. The molecule has 0 radical (unpaired) electrons. The summed E-state index contributed by atoms with van der Waals surface area (Å²) in [7, 11) is 1.41. The van der Waals surface area contributed by atoms with Gasteiger partial charge in [-0.05, 0) is 25.1 Å². The lowest BCUT2D eigenvalue weighted by Gasteiger charge is -2.27. The Bertz CT molecular complexity index is 658. The molecule has 0 aliphatic carbocycles. The Morgan fingerprint density at radius 1 is 1.46 bits per heavy atom. The van der Waals surface area contributed by atoms with E-state index in [4.69, 9.17) is 15.3 Å². The third-order valence-corrected chi connectivity index (χ3v) is 4.25. The summed E-state index contributed by atoms with van der Waals surface area (Å²) in [4.78, 5) is 31.4. The molecule has 1 aromatic rings. The highest BCUT2D eigenvalue weighted by Crippen LogP contribution is 2.27. The summed E-state index contributed by atoms with van der Waals surface area (Å²) in [5, 5.41) is 1.21. The number of likely N-dealkylation sites (N-methyl/N-ethyl adjacent to an activating group) is 1. The smallest absolute Gasteiger partial charge is 0.414 e. The van der Waals surface area contributed by atoms with Crippen LogP contribution >= 0.6 is 0 Å². The summed E-state index contributed by atoms with van der Waals surface area (Å²) in [5.74, 6) is -0.679. The number of halogens is 1. The van der Waals surface area contributed by atoms with Gasteiger partial charge in [0.2, 0.25) is 5.91 Å². The summed E-state index contributed by atoms with van der Waals surface area (Å²) in [5.41, 5.74) is 6.33. The zero-order chi connectivity index (χ0) is 19.3. The van der Waals surface area contributed by atoms with Crippen LogP contribution < -0.4 is 15.5 Å². The van der Waals surface area contributed by atoms with Crippen LogP contribution in [0, 0.1) is 5.82 Å². The Hall–Kier alpha value is -2.39. The van der Waals surface area contributed by atoms with Crippen LogP contribution in [0.3, 0.4) is 0 Å². The molecular weight excluding hydrogens is 343 g/mol. The molecule has 0 bridgehead atoms. The fourth-order valence-electron chi connectivity index (χ4n) is 2.81. The first kappa shape index (κ1) is 19.9. The van der Waals surface area contributed by atoms with Gasteiger partial charge in [0.1, 0.15) is 11.9 Å². The number of carbonyl (C=O) groups excluding carboxylic acids is 2. The van der Waals surface area contributed by atoms with E-state index in [9.17, 15) is 14.0 Å². The van der Waals surface area contributed by atoms with Crippen molar-refractivity contribution in [2.75, 3.05) is 49.6 Å². The Morgan fingerprint density at radius 3 is 2.69 bits per heavy atom. The molecule has 0 spiro atoms. The summed E-state index contributed by atoms with van der Waals surface area (Å²) in [6, 6.07) is 4.58. The first-order valence-corrected chi connectivity index (χ1v) is 8.46. The van der Waals surface area contributed by atoms with E-state index >= 15 is 0 Å². The maximum absolute atomic E-state index is 14.7. The van der Waals surface area contributed by atoms with Crippen molar-refractivity contribution in [1.29, 1.82) is 0 Å². The second kappa shape index (κ2) is 8.81. The highest BCUT2D eigenvalue weighted by molar-refractivity contribution is 5.90. The van der Waals surface area contributed by atoms with E-state index in [0.29, 0.717) is 37.6 Å². The van der Waals surface area contributed by atoms with Crippen LogP contribution in [0.4, 0.5) is 20.6 Å². The molecular formula is C17H25FN4O4. The van der Waals surface area contributed by atoms with Gasteiger partial charge in [-0.1, -0.05) is 0 Å². The van der Waals surface area contributed by atoms with Gasteiger partial charge in [-0.15, -0.1) is 0 Å². The number of hydrogen-bond donors (Lipinski definition) is 1. The van der Waals surface area contributed by atoms with Crippen LogP contribution in [-0.4, -0.2) is 63.0 Å². The van der Waals surface area contributed by atoms with Gasteiger partial charge in [-0.25, -0.2) is 14.2 Å². The van der Waals surface area contributed by atoms with Gasteiger partial charge in [-0.2, -0.15) is 0 Å². The van der Waals surface area contributed by atoms with E-state index in [0.717, 1.165) is 0 Å². The van der Waals surface area contributed by atoms with Crippen LogP contribution in [0.1, 0.15) is 13.8 Å². The van der Waals surface area contributed by atoms with Gasteiger partial charge < -0.3 is 15.4 Å². The lowest BCUT2D eigenvalue weighted by molar-refractivity contribution is -0.172. The van der Waals surface area contributed by atoms with Crippen molar-refractivity contribution in [1.82, 2.24) is 5.06 Å². The number of benzene rings is 1. The molecule has 2 N–H and O–H groups in total. The second-order valence-electron chi connectivity index (χ2n) is 5.87. The largest absolute Gasteiger partial charge is 0.443 e. The Labute approximate surface area is 152 Å². The molecule has 0 unspecified atom stereocenters. The van der Waals surface area contributed by atoms with E-state index in [2.05, 4.69) is 0 Å². The Morgan fingerprint density at radius 2 is 2.19 bits per heavy atom. The fraction of sp³-hybridized carbons (Fsp3) is 0.529. The van der Waals surface area contributed by atoms with Gasteiger partial charge in [0.05, 0.1) is 31.6 Å². The maximum Gasteiger partial charge on any atom is 0.414 e. The molecule has 1 fully saturated rings. The van der Waals surface area contributed by atoms with Crippen LogP contribution in [0.2, 0.25) is 0 Å². The highest BCUT2D eigenvalue weighted by Gasteiger charge is 2.31. The van der Waals surface area contributed by atoms with E-state index in [1.807, 2.05) is 6.92 Å².